The Labute approximate surface area is 123 Å². The monoisotopic (exact) mass is 296 g/mol. The van der Waals surface area contributed by atoms with Gasteiger partial charge in [0.2, 0.25) is 0 Å². The summed E-state index contributed by atoms with van der Waals surface area (Å²) < 4.78 is 10.2. The molecule has 0 saturated heterocycles. The first-order valence-electron chi connectivity index (χ1n) is 7.21. The maximum Gasteiger partial charge on any atom is 0.338 e. The molecule has 1 aliphatic heterocycles. The summed E-state index contributed by atoms with van der Waals surface area (Å²) in [5.74, 6) is -0.822. The minimum Gasteiger partial charge on any atom is -0.463 e. The van der Waals surface area contributed by atoms with Crippen molar-refractivity contribution in [1.82, 2.24) is 10.6 Å². The van der Waals surface area contributed by atoms with Gasteiger partial charge in [-0.1, -0.05) is 6.92 Å². The van der Waals surface area contributed by atoms with Gasteiger partial charge >= 0.3 is 18.0 Å². The fraction of sp³-hybridized carbons (Fsp3) is 0.643. The summed E-state index contributed by atoms with van der Waals surface area (Å²) in [5, 5.41) is 5.20. The van der Waals surface area contributed by atoms with E-state index < -0.39 is 18.0 Å². The van der Waals surface area contributed by atoms with Crippen LogP contribution < -0.4 is 10.6 Å². The van der Waals surface area contributed by atoms with E-state index in [9.17, 15) is 14.4 Å². The van der Waals surface area contributed by atoms with Crippen molar-refractivity contribution in [2.24, 2.45) is 5.92 Å². The largest absolute Gasteiger partial charge is 0.463 e. The molecule has 1 heterocycles. The van der Waals surface area contributed by atoms with E-state index in [1.165, 1.54) is 0 Å². The lowest BCUT2D eigenvalue weighted by Crippen LogP contribution is -2.51. The van der Waals surface area contributed by atoms with Crippen molar-refractivity contribution in [2.45, 2.75) is 39.2 Å². The fourth-order valence-corrected chi connectivity index (χ4v) is 2.16. The van der Waals surface area contributed by atoms with Crippen molar-refractivity contribution in [3.8, 4) is 0 Å². The lowest BCUT2D eigenvalue weighted by atomic mass is 10.0. The highest BCUT2D eigenvalue weighted by Crippen LogP contribution is 2.30. The van der Waals surface area contributed by atoms with Crippen LogP contribution in [0.2, 0.25) is 0 Å². The molecule has 0 unspecified atom stereocenters. The van der Waals surface area contributed by atoms with Crippen LogP contribution in [0.15, 0.2) is 11.3 Å². The highest BCUT2D eigenvalue weighted by atomic mass is 16.5. The van der Waals surface area contributed by atoms with Gasteiger partial charge in [0.15, 0.2) is 0 Å². The van der Waals surface area contributed by atoms with Gasteiger partial charge in [0.25, 0.3) is 0 Å². The van der Waals surface area contributed by atoms with Gasteiger partial charge in [0.05, 0.1) is 29.8 Å². The minimum absolute atomic E-state index is 0.0315. The Kier molecular flexibility index (Phi) is 4.82. The van der Waals surface area contributed by atoms with Gasteiger partial charge in [-0.2, -0.15) is 0 Å². The molecule has 1 aliphatic carbocycles. The van der Waals surface area contributed by atoms with Crippen molar-refractivity contribution in [3.05, 3.63) is 11.3 Å². The molecule has 0 aromatic heterocycles. The van der Waals surface area contributed by atoms with Crippen LogP contribution in [0.25, 0.3) is 0 Å². The number of carbonyl (C=O) groups excluding carboxylic acids is 3. The van der Waals surface area contributed by atoms with Gasteiger partial charge in [0.1, 0.15) is 6.61 Å². The smallest absolute Gasteiger partial charge is 0.338 e. The Balaban J connectivity index is 2.16. The Morgan fingerprint density at radius 3 is 2.52 bits per heavy atom. The molecule has 7 heteroatoms. The van der Waals surface area contributed by atoms with Crippen molar-refractivity contribution < 1.29 is 23.9 Å². The van der Waals surface area contributed by atoms with Crippen LogP contribution in [0.3, 0.4) is 0 Å². The summed E-state index contributed by atoms with van der Waals surface area (Å²) >= 11 is 0. The highest BCUT2D eigenvalue weighted by Gasteiger charge is 2.34. The molecule has 116 valence electrons. The molecule has 0 aromatic rings. The average Bonchev–Trinajstić information content (AvgIpc) is 3.28. The van der Waals surface area contributed by atoms with E-state index in [-0.39, 0.29) is 25.1 Å². The molecule has 1 fully saturated rings. The molecule has 2 amide bonds. The third-order valence-electron chi connectivity index (χ3n) is 3.42. The van der Waals surface area contributed by atoms with E-state index in [1.807, 2.05) is 6.92 Å². The third kappa shape index (κ3) is 3.74. The predicted molar refractivity (Wildman–Crippen MR) is 73.1 cm³/mol. The zero-order chi connectivity index (χ0) is 15.4. The van der Waals surface area contributed by atoms with Crippen molar-refractivity contribution >= 4 is 18.0 Å². The molecule has 2 aliphatic rings. The van der Waals surface area contributed by atoms with E-state index in [1.54, 1.807) is 6.92 Å². The van der Waals surface area contributed by atoms with Crippen molar-refractivity contribution in [3.63, 3.8) is 0 Å². The Hall–Kier alpha value is -2.05. The van der Waals surface area contributed by atoms with E-state index in [0.29, 0.717) is 17.7 Å². The molecular formula is C14H20N2O5. The second kappa shape index (κ2) is 6.60. The van der Waals surface area contributed by atoms with Gasteiger partial charge < -0.3 is 20.1 Å². The van der Waals surface area contributed by atoms with Crippen LogP contribution in [-0.2, 0) is 19.1 Å². The number of esters is 2. The summed E-state index contributed by atoms with van der Waals surface area (Å²) in [5.41, 5.74) is 0.626. The zero-order valence-electron chi connectivity index (χ0n) is 12.2. The minimum atomic E-state index is -0.505. The first-order valence-corrected chi connectivity index (χ1v) is 7.21. The molecule has 21 heavy (non-hydrogen) atoms. The van der Waals surface area contributed by atoms with E-state index in [2.05, 4.69) is 10.6 Å². The number of rotatable bonds is 6. The normalized spacial score (nSPS) is 21.4. The first kappa shape index (κ1) is 15.3. The molecule has 2 N–H and O–H groups in total. The summed E-state index contributed by atoms with van der Waals surface area (Å²) in [6.45, 7) is 3.68. The molecule has 1 atom stereocenters. The van der Waals surface area contributed by atoms with Gasteiger partial charge in [-0.25, -0.2) is 9.59 Å². The Morgan fingerprint density at radius 2 is 1.95 bits per heavy atom. The average molecular weight is 296 g/mol. The molecule has 7 nitrogen and oxygen atoms in total. The summed E-state index contributed by atoms with van der Waals surface area (Å²) in [7, 11) is 0. The van der Waals surface area contributed by atoms with Gasteiger partial charge in [-0.3, -0.25) is 4.79 Å². The number of hydrogen-bond acceptors (Lipinski definition) is 5. The number of nitrogens with one attached hydrogen (secondary N) is 2. The quantitative estimate of drug-likeness (QED) is 0.709. The lowest BCUT2D eigenvalue weighted by Gasteiger charge is -2.28. The van der Waals surface area contributed by atoms with Crippen LogP contribution in [-0.4, -0.2) is 37.2 Å². The standard InChI is InChI=1S/C14H20N2O5/c1-3-9-11(13(18)20-4-2)10(16-14(19)15-9)7-21-12(17)8-5-6-8/h8-9H,3-7H2,1-2H3,(H2,15,16,19)/t9-/m0/s1. The Bertz CT molecular complexity index is 482. The highest BCUT2D eigenvalue weighted by molar-refractivity contribution is 5.94. The number of carbonyl (C=O) groups is 3. The maximum atomic E-state index is 12.1. The van der Waals surface area contributed by atoms with Crippen LogP contribution in [0, 0.1) is 5.92 Å². The van der Waals surface area contributed by atoms with E-state index >= 15 is 0 Å². The molecule has 0 radical (unpaired) electrons. The molecule has 1 saturated carbocycles. The second-order valence-corrected chi connectivity index (χ2v) is 5.05. The summed E-state index contributed by atoms with van der Waals surface area (Å²) in [4.78, 5) is 35.3. The molecule has 0 aromatic carbocycles. The summed E-state index contributed by atoms with van der Waals surface area (Å²) in [6.07, 6.45) is 2.23. The fourth-order valence-electron chi connectivity index (χ4n) is 2.16. The van der Waals surface area contributed by atoms with E-state index in [0.717, 1.165) is 12.8 Å². The van der Waals surface area contributed by atoms with Gasteiger partial charge in [-0.05, 0) is 26.2 Å². The molecule has 0 bridgehead atoms. The topological polar surface area (TPSA) is 93.7 Å². The number of hydrogen-bond donors (Lipinski definition) is 2. The predicted octanol–water partition coefficient (Wildman–Crippen LogP) is 0.848. The van der Waals surface area contributed by atoms with Gasteiger partial charge in [0, 0.05) is 0 Å². The number of amides is 2. The Morgan fingerprint density at radius 1 is 1.24 bits per heavy atom. The summed E-state index contributed by atoms with van der Waals surface area (Å²) in [6, 6.07) is -0.847. The molecule has 2 rings (SSSR count). The SMILES string of the molecule is CCOC(=O)C1=C(COC(=O)C2CC2)NC(=O)N[C@H]1CC. The van der Waals surface area contributed by atoms with Crippen LogP contribution in [0.1, 0.15) is 33.1 Å². The zero-order valence-corrected chi connectivity index (χ0v) is 12.2. The first-order chi connectivity index (χ1) is 10.1. The van der Waals surface area contributed by atoms with Gasteiger partial charge in [-0.15, -0.1) is 0 Å². The second-order valence-electron chi connectivity index (χ2n) is 5.05. The lowest BCUT2D eigenvalue weighted by molar-refractivity contribution is -0.145. The van der Waals surface area contributed by atoms with E-state index in [4.69, 9.17) is 9.47 Å². The van der Waals surface area contributed by atoms with Crippen LogP contribution >= 0.6 is 0 Å². The number of urea groups is 1. The van der Waals surface area contributed by atoms with Crippen molar-refractivity contribution in [2.75, 3.05) is 13.2 Å². The van der Waals surface area contributed by atoms with Crippen LogP contribution in [0.4, 0.5) is 4.79 Å². The maximum absolute atomic E-state index is 12.1. The molecule has 0 spiro atoms. The molecular weight excluding hydrogens is 276 g/mol. The van der Waals surface area contributed by atoms with Crippen molar-refractivity contribution in [1.29, 1.82) is 0 Å². The third-order valence-corrected chi connectivity index (χ3v) is 3.42. The number of ether oxygens (including phenoxy) is 2. The van der Waals surface area contributed by atoms with Crippen LogP contribution in [0.5, 0.6) is 0 Å².